The van der Waals surface area contributed by atoms with E-state index < -0.39 is 47.7 Å². The zero-order valence-corrected chi connectivity index (χ0v) is 45.9. The van der Waals surface area contributed by atoms with E-state index in [4.69, 9.17) is 14.6 Å². The largest absolute Gasteiger partial charge is 0.391 e. The van der Waals surface area contributed by atoms with E-state index in [0.717, 1.165) is 44.9 Å². The zero-order valence-electron chi connectivity index (χ0n) is 45.1. The van der Waals surface area contributed by atoms with Crippen LogP contribution in [0.25, 0.3) is 21.6 Å². The quantitative estimate of drug-likeness (QED) is 0.0856. The second-order valence-electron chi connectivity index (χ2n) is 21.6. The van der Waals surface area contributed by atoms with Crippen molar-refractivity contribution in [2.75, 3.05) is 71.1 Å². The van der Waals surface area contributed by atoms with Gasteiger partial charge in [-0.3, -0.25) is 28.5 Å². The van der Waals surface area contributed by atoms with Crippen molar-refractivity contribution in [1.29, 1.82) is 0 Å². The van der Waals surface area contributed by atoms with Crippen LogP contribution in [0.15, 0.2) is 54.3 Å². The number of carbonyl (C=O) groups is 5. The minimum absolute atomic E-state index is 0.00573. The van der Waals surface area contributed by atoms with Gasteiger partial charge in [0.15, 0.2) is 5.82 Å². The van der Waals surface area contributed by atoms with E-state index in [1.165, 1.54) is 4.90 Å². The molecule has 0 bridgehead atoms. The highest BCUT2D eigenvalue weighted by molar-refractivity contribution is 7.13. The molecule has 2 saturated heterocycles. The average Bonchev–Trinajstić information content (AvgIpc) is 4.44. The molecule has 0 saturated carbocycles. The minimum Gasteiger partial charge on any atom is -0.391 e. The van der Waals surface area contributed by atoms with Crippen molar-refractivity contribution in [2.45, 2.75) is 110 Å². The third-order valence-electron chi connectivity index (χ3n) is 15.1. The Hall–Kier alpha value is -6.82. The Morgan fingerprint density at radius 1 is 0.949 bits per heavy atom. The van der Waals surface area contributed by atoms with Crippen molar-refractivity contribution in [3.63, 3.8) is 0 Å². The van der Waals surface area contributed by atoms with Crippen molar-refractivity contribution in [3.05, 3.63) is 87.9 Å². The molecule has 418 valence electrons. The predicted octanol–water partition coefficient (Wildman–Crippen LogP) is 5.44. The third kappa shape index (κ3) is 12.4. The van der Waals surface area contributed by atoms with Gasteiger partial charge in [-0.25, -0.2) is 18.6 Å². The Balaban J connectivity index is 0.750. The lowest BCUT2D eigenvalue weighted by Crippen LogP contribution is -2.58. The number of benzene rings is 2. The van der Waals surface area contributed by atoms with Crippen LogP contribution in [0.2, 0.25) is 0 Å². The number of fused-ring (bicyclic) bond motifs is 2. The Morgan fingerprint density at radius 2 is 1.69 bits per heavy atom. The standard InChI is InChI=1S/C55H70F2N12O8S/c1-33-48(78-32-60-33)35-11-9-34(10-12-35)25-59-52(73)45-23-39(70)28-68(45)53(74)49(55(2,3)4)62-46(71)30-76-20-21-77-31-47(72)65-17-13-38(14-18-65)69-43-15-19-66(54(75)58-5)29-42(43)51(63-69)67-16-7-8-36-22-40(37-26-61-64(6)27-37)41(50(56)57)24-44(36)67/h9-12,22,24,26-27,32,38-39,45,49-50,70H,7-8,13-21,23,25,28-31H2,1-6H3,(H,58,75)(H,59,73)(H,62,71)/t39-,45+,49-/m1/s1. The number of hydrogen-bond acceptors (Lipinski definition) is 13. The van der Waals surface area contributed by atoms with Gasteiger partial charge in [-0.1, -0.05) is 45.0 Å². The van der Waals surface area contributed by atoms with Crippen LogP contribution >= 0.6 is 11.3 Å². The van der Waals surface area contributed by atoms with E-state index >= 15 is 0 Å². The number of nitrogens with one attached hydrogen (secondary N) is 3. The number of urea groups is 1. The van der Waals surface area contributed by atoms with E-state index in [-0.39, 0.29) is 69.5 Å². The molecule has 0 aliphatic carbocycles. The number of nitrogens with zero attached hydrogens (tertiary/aromatic N) is 9. The lowest BCUT2D eigenvalue weighted by molar-refractivity contribution is -0.144. The van der Waals surface area contributed by atoms with Gasteiger partial charge in [0.05, 0.1) is 54.2 Å². The van der Waals surface area contributed by atoms with Gasteiger partial charge in [0.1, 0.15) is 25.3 Å². The molecule has 5 aromatic rings. The fourth-order valence-corrected chi connectivity index (χ4v) is 11.8. The van der Waals surface area contributed by atoms with Gasteiger partial charge >= 0.3 is 6.03 Å². The van der Waals surface area contributed by atoms with Crippen molar-refractivity contribution >= 4 is 52.5 Å². The number of rotatable bonds is 17. The number of aliphatic hydroxyl groups is 1. The summed E-state index contributed by atoms with van der Waals surface area (Å²) >= 11 is 1.56. The molecule has 2 aromatic carbocycles. The van der Waals surface area contributed by atoms with Crippen LogP contribution < -0.4 is 20.9 Å². The van der Waals surface area contributed by atoms with Crippen molar-refractivity contribution in [3.8, 4) is 21.6 Å². The molecule has 0 radical (unpaired) electrons. The molecule has 4 aliphatic rings. The Labute approximate surface area is 456 Å². The minimum atomic E-state index is -2.72. The summed E-state index contributed by atoms with van der Waals surface area (Å²) in [6.45, 7) is 9.29. The second-order valence-corrected chi connectivity index (χ2v) is 22.5. The first kappa shape index (κ1) is 55.9. The number of piperidine rings is 1. The third-order valence-corrected chi connectivity index (χ3v) is 16.1. The van der Waals surface area contributed by atoms with Gasteiger partial charge in [0.25, 0.3) is 6.43 Å². The van der Waals surface area contributed by atoms with Crippen LogP contribution in [-0.2, 0) is 61.6 Å². The molecule has 4 N–H and O–H groups in total. The molecule has 3 aromatic heterocycles. The number of amides is 6. The first-order valence-corrected chi connectivity index (χ1v) is 27.5. The fourth-order valence-electron chi connectivity index (χ4n) is 11.0. The number of hydrogen-bond donors (Lipinski definition) is 4. The van der Waals surface area contributed by atoms with Gasteiger partial charge in [-0.2, -0.15) is 10.2 Å². The maximum Gasteiger partial charge on any atom is 0.317 e. The summed E-state index contributed by atoms with van der Waals surface area (Å²) in [6.07, 6.45) is 3.04. The fraction of sp³-hybridized carbons (Fsp3) is 0.527. The Morgan fingerprint density at radius 3 is 2.36 bits per heavy atom. The van der Waals surface area contributed by atoms with Gasteiger partial charge in [0.2, 0.25) is 23.6 Å². The molecular formula is C55H70F2N12O8S. The summed E-state index contributed by atoms with van der Waals surface area (Å²) in [5, 5.41) is 28.5. The average molecular weight is 1100 g/mol. The Kier molecular flexibility index (Phi) is 17.2. The highest BCUT2D eigenvalue weighted by Crippen LogP contribution is 2.44. The number of β-amino-alcohol motifs (C(OH)–C–C–N with tert-alkyl or cyclic N) is 1. The molecular weight excluding hydrogens is 1030 g/mol. The molecule has 0 spiro atoms. The summed E-state index contributed by atoms with van der Waals surface area (Å²) in [5.74, 6) is -0.980. The van der Waals surface area contributed by atoms with Crippen LogP contribution in [0.4, 0.5) is 25.1 Å². The molecule has 78 heavy (non-hydrogen) atoms. The van der Waals surface area contributed by atoms with Gasteiger partial charge in [0, 0.05) is 100 Å². The summed E-state index contributed by atoms with van der Waals surface area (Å²) in [5.41, 5.74) is 8.39. The summed E-state index contributed by atoms with van der Waals surface area (Å²) in [4.78, 5) is 79.4. The summed E-state index contributed by atoms with van der Waals surface area (Å²) in [6, 6.07) is 9.04. The number of aromatic nitrogens is 5. The van der Waals surface area contributed by atoms with Crippen molar-refractivity contribution in [1.82, 2.24) is 55.2 Å². The number of thiazole rings is 1. The van der Waals surface area contributed by atoms with E-state index in [1.54, 1.807) is 84.7 Å². The molecule has 4 aliphatic heterocycles. The molecule has 20 nitrogen and oxygen atoms in total. The predicted molar refractivity (Wildman–Crippen MR) is 288 cm³/mol. The maximum absolute atomic E-state index is 14.8. The molecule has 6 amide bonds. The first-order valence-electron chi connectivity index (χ1n) is 26.6. The van der Waals surface area contributed by atoms with Crippen LogP contribution in [0.5, 0.6) is 0 Å². The maximum atomic E-state index is 14.8. The number of aryl methyl sites for hydroxylation is 3. The number of likely N-dealkylation sites (tertiary alicyclic amines) is 2. The lowest BCUT2D eigenvalue weighted by Gasteiger charge is -2.35. The number of aliphatic hydroxyl groups excluding tert-OH is 1. The monoisotopic (exact) mass is 1100 g/mol. The number of anilines is 2. The molecule has 0 unspecified atom stereocenters. The highest BCUT2D eigenvalue weighted by Gasteiger charge is 2.45. The highest BCUT2D eigenvalue weighted by atomic mass is 32.1. The van der Waals surface area contributed by atoms with Crippen LogP contribution in [0.3, 0.4) is 0 Å². The summed E-state index contributed by atoms with van der Waals surface area (Å²) < 4.78 is 44.5. The molecule has 3 atom stereocenters. The summed E-state index contributed by atoms with van der Waals surface area (Å²) in [7, 11) is 3.35. The molecule has 23 heteroatoms. The van der Waals surface area contributed by atoms with E-state index in [0.29, 0.717) is 81.0 Å². The van der Waals surface area contributed by atoms with Crippen LogP contribution in [0, 0.1) is 12.3 Å². The van der Waals surface area contributed by atoms with Crippen LogP contribution in [0.1, 0.15) is 92.6 Å². The van der Waals surface area contributed by atoms with Crippen molar-refractivity contribution in [2.24, 2.45) is 12.5 Å². The smallest absolute Gasteiger partial charge is 0.317 e. The SMILES string of the molecule is CNC(=O)N1CCc2c(c(N3CCCc4cc(-c5cnn(C)c5)c(C(F)F)cc43)nn2C2CCN(C(=O)COCCOCC(=O)N[C@H](C(=O)N3C[C@H](O)C[C@H]3C(=O)NCc3ccc(-c4scnc4C)cc3)C(C)(C)C)CC2)C1. The van der Waals surface area contributed by atoms with Crippen molar-refractivity contribution < 1.29 is 47.3 Å². The zero-order chi connectivity index (χ0) is 55.4. The molecule has 7 heterocycles. The number of alkyl halides is 2. The van der Waals surface area contributed by atoms with E-state index in [9.17, 15) is 37.9 Å². The normalized spacial score (nSPS) is 18.2. The topological polar surface area (TPSA) is 222 Å². The second kappa shape index (κ2) is 24.0. The van der Waals surface area contributed by atoms with E-state index in [1.807, 2.05) is 46.8 Å². The molecule has 9 rings (SSSR count). The van der Waals surface area contributed by atoms with Gasteiger partial charge < -0.3 is 50.1 Å². The van der Waals surface area contributed by atoms with E-state index in [2.05, 4.69) is 26.0 Å². The van der Waals surface area contributed by atoms with Gasteiger partial charge in [-0.05, 0) is 72.4 Å². The van der Waals surface area contributed by atoms with Crippen LogP contribution in [-0.4, -0.2) is 158 Å². The number of ether oxygens (including phenoxy) is 2. The molecule has 2 fully saturated rings. The first-order chi connectivity index (χ1) is 37.4. The number of carbonyl (C=O) groups excluding carboxylic acids is 5. The number of halogens is 2. The Bertz CT molecular complexity index is 2980. The lowest BCUT2D eigenvalue weighted by atomic mass is 9.85. The van der Waals surface area contributed by atoms with Gasteiger partial charge in [-0.15, -0.1) is 11.3 Å².